The summed E-state index contributed by atoms with van der Waals surface area (Å²) in [5, 5.41) is 0. The van der Waals surface area contributed by atoms with Crippen molar-refractivity contribution in [3.05, 3.63) is 48.5 Å². The maximum Gasteiger partial charge on any atom is 0.0954 e. The normalized spacial score (nSPS) is 9.33. The van der Waals surface area contributed by atoms with E-state index in [0.29, 0.717) is 6.54 Å². The molecule has 2 aromatic rings. The third kappa shape index (κ3) is 2.61. The molecular weight excluding hydrogens is 186 g/mol. The Hall–Kier alpha value is -2.21. The van der Waals surface area contributed by atoms with Crippen LogP contribution in [-0.4, -0.2) is 9.55 Å². The fraction of sp³-hybridized carbons (Fsp3) is 0.0833. The van der Waals surface area contributed by atoms with Gasteiger partial charge in [-0.3, -0.25) is 0 Å². The van der Waals surface area contributed by atoms with Gasteiger partial charge in [0, 0.05) is 23.6 Å². The smallest absolute Gasteiger partial charge is 0.0954 e. The van der Waals surface area contributed by atoms with Gasteiger partial charge in [-0.15, -0.1) is 0 Å². The number of nitrogens with zero attached hydrogens (tertiary/aromatic N) is 2. The van der Waals surface area contributed by atoms with Gasteiger partial charge in [-0.25, -0.2) is 4.98 Å². The summed E-state index contributed by atoms with van der Waals surface area (Å²) in [5.41, 5.74) is 7.31. The molecule has 0 aliphatic heterocycles. The van der Waals surface area contributed by atoms with Gasteiger partial charge in [0.05, 0.1) is 12.9 Å². The monoisotopic (exact) mass is 197 g/mol. The van der Waals surface area contributed by atoms with Crippen LogP contribution in [0.15, 0.2) is 43.0 Å². The Morgan fingerprint density at radius 1 is 1.27 bits per heavy atom. The Morgan fingerprint density at radius 2 is 2.07 bits per heavy atom. The van der Waals surface area contributed by atoms with Gasteiger partial charge in [0.2, 0.25) is 0 Å². The van der Waals surface area contributed by atoms with Crippen LogP contribution in [0, 0.1) is 11.8 Å². The van der Waals surface area contributed by atoms with Gasteiger partial charge in [0.1, 0.15) is 0 Å². The van der Waals surface area contributed by atoms with Gasteiger partial charge in [-0.2, -0.15) is 0 Å². The fourth-order valence-electron chi connectivity index (χ4n) is 1.18. The largest absolute Gasteiger partial charge is 0.399 e. The molecule has 0 aliphatic rings. The van der Waals surface area contributed by atoms with Gasteiger partial charge in [0.15, 0.2) is 0 Å². The lowest BCUT2D eigenvalue weighted by Crippen LogP contribution is -1.90. The molecule has 1 aromatic heterocycles. The maximum absolute atomic E-state index is 5.57. The summed E-state index contributed by atoms with van der Waals surface area (Å²) >= 11 is 0. The summed E-state index contributed by atoms with van der Waals surface area (Å²) in [6, 6.07) is 7.52. The summed E-state index contributed by atoms with van der Waals surface area (Å²) < 4.78 is 1.92. The quantitative estimate of drug-likeness (QED) is 0.556. The van der Waals surface area contributed by atoms with E-state index in [2.05, 4.69) is 16.8 Å². The third-order valence-electron chi connectivity index (χ3n) is 1.96. The number of nitrogens with two attached hydrogens (primary N) is 1. The zero-order valence-electron chi connectivity index (χ0n) is 8.22. The number of anilines is 1. The lowest BCUT2D eigenvalue weighted by molar-refractivity contribution is 0.840. The third-order valence-corrected chi connectivity index (χ3v) is 1.96. The summed E-state index contributed by atoms with van der Waals surface area (Å²) in [6.45, 7) is 0.657. The first kappa shape index (κ1) is 9.35. The van der Waals surface area contributed by atoms with Crippen LogP contribution in [0.25, 0.3) is 0 Å². The molecule has 0 fully saturated rings. The first-order valence-corrected chi connectivity index (χ1v) is 4.65. The Balaban J connectivity index is 2.03. The second-order valence-corrected chi connectivity index (χ2v) is 3.16. The summed E-state index contributed by atoms with van der Waals surface area (Å²) in [4.78, 5) is 3.94. The second-order valence-electron chi connectivity index (χ2n) is 3.16. The molecule has 2 rings (SSSR count). The lowest BCUT2D eigenvalue weighted by Gasteiger charge is -1.93. The highest BCUT2D eigenvalue weighted by atomic mass is 15.0. The molecule has 15 heavy (non-hydrogen) atoms. The Morgan fingerprint density at radius 3 is 2.73 bits per heavy atom. The van der Waals surface area contributed by atoms with E-state index >= 15 is 0 Å². The lowest BCUT2D eigenvalue weighted by atomic mass is 10.2. The van der Waals surface area contributed by atoms with Crippen LogP contribution < -0.4 is 5.73 Å². The molecule has 0 radical (unpaired) electrons. The fourth-order valence-corrected chi connectivity index (χ4v) is 1.18. The average Bonchev–Trinajstić information content (AvgIpc) is 2.74. The van der Waals surface area contributed by atoms with Crippen LogP contribution in [0.5, 0.6) is 0 Å². The molecule has 0 atom stereocenters. The molecule has 1 heterocycles. The zero-order valence-corrected chi connectivity index (χ0v) is 8.22. The molecule has 3 heteroatoms. The van der Waals surface area contributed by atoms with E-state index in [1.165, 1.54) is 0 Å². The molecule has 0 saturated carbocycles. The highest BCUT2D eigenvalue weighted by molar-refractivity contribution is 5.44. The van der Waals surface area contributed by atoms with Crippen molar-refractivity contribution >= 4 is 5.69 Å². The molecular formula is C12H11N3. The molecule has 74 valence electrons. The van der Waals surface area contributed by atoms with E-state index in [0.717, 1.165) is 11.3 Å². The van der Waals surface area contributed by atoms with Gasteiger partial charge in [0.25, 0.3) is 0 Å². The number of rotatable bonds is 1. The molecule has 0 amide bonds. The van der Waals surface area contributed by atoms with E-state index < -0.39 is 0 Å². The van der Waals surface area contributed by atoms with Crippen molar-refractivity contribution in [1.29, 1.82) is 0 Å². The molecule has 0 saturated heterocycles. The van der Waals surface area contributed by atoms with Crippen LogP contribution in [-0.2, 0) is 6.54 Å². The highest BCUT2D eigenvalue weighted by Crippen LogP contribution is 2.03. The Kier molecular flexibility index (Phi) is 2.70. The summed E-state index contributed by atoms with van der Waals surface area (Å²) in [6.07, 6.45) is 5.38. The predicted molar refractivity (Wildman–Crippen MR) is 60.0 cm³/mol. The molecule has 3 nitrogen and oxygen atoms in total. The van der Waals surface area contributed by atoms with E-state index in [-0.39, 0.29) is 0 Å². The van der Waals surface area contributed by atoms with Crippen LogP contribution in [0.3, 0.4) is 0 Å². The SMILES string of the molecule is Nc1ccc(C#CCn2ccnc2)cc1. The topological polar surface area (TPSA) is 43.8 Å². The number of benzene rings is 1. The van der Waals surface area contributed by atoms with Crippen molar-refractivity contribution in [2.75, 3.05) is 5.73 Å². The molecule has 1 aromatic carbocycles. The number of imidazole rings is 1. The van der Waals surface area contributed by atoms with Crippen molar-refractivity contribution in [3.63, 3.8) is 0 Å². The van der Waals surface area contributed by atoms with Crippen molar-refractivity contribution < 1.29 is 0 Å². The Bertz CT molecular complexity index is 472. The van der Waals surface area contributed by atoms with Crippen LogP contribution in [0.1, 0.15) is 5.56 Å². The minimum atomic E-state index is 0.657. The zero-order chi connectivity index (χ0) is 10.5. The minimum absolute atomic E-state index is 0.657. The van der Waals surface area contributed by atoms with Crippen molar-refractivity contribution in [3.8, 4) is 11.8 Å². The van der Waals surface area contributed by atoms with Crippen molar-refractivity contribution in [2.45, 2.75) is 6.54 Å². The molecule has 2 N–H and O–H groups in total. The maximum atomic E-state index is 5.57. The van der Waals surface area contributed by atoms with Gasteiger partial charge < -0.3 is 10.3 Å². The molecule has 0 spiro atoms. The average molecular weight is 197 g/mol. The van der Waals surface area contributed by atoms with Crippen LogP contribution in [0.2, 0.25) is 0 Å². The molecule has 0 unspecified atom stereocenters. The summed E-state index contributed by atoms with van der Waals surface area (Å²) in [5.74, 6) is 6.11. The van der Waals surface area contributed by atoms with E-state index in [1.807, 2.05) is 35.0 Å². The second kappa shape index (κ2) is 4.34. The van der Waals surface area contributed by atoms with Gasteiger partial charge in [-0.1, -0.05) is 11.8 Å². The van der Waals surface area contributed by atoms with Crippen molar-refractivity contribution in [1.82, 2.24) is 9.55 Å². The van der Waals surface area contributed by atoms with E-state index in [4.69, 9.17) is 5.73 Å². The first-order valence-electron chi connectivity index (χ1n) is 4.65. The minimum Gasteiger partial charge on any atom is -0.399 e. The Labute approximate surface area is 88.6 Å². The predicted octanol–water partition coefficient (Wildman–Crippen LogP) is 1.52. The molecule has 0 aliphatic carbocycles. The number of hydrogen-bond donors (Lipinski definition) is 1. The van der Waals surface area contributed by atoms with Crippen LogP contribution in [0.4, 0.5) is 5.69 Å². The number of hydrogen-bond acceptors (Lipinski definition) is 2. The van der Waals surface area contributed by atoms with E-state index in [1.54, 1.807) is 12.5 Å². The summed E-state index contributed by atoms with van der Waals surface area (Å²) in [7, 11) is 0. The standard InChI is InChI=1S/C12H11N3/c13-12-5-3-11(4-6-12)2-1-8-15-9-7-14-10-15/h3-7,9-10H,8,13H2. The highest BCUT2D eigenvalue weighted by Gasteiger charge is 1.86. The van der Waals surface area contributed by atoms with Crippen LogP contribution >= 0.6 is 0 Å². The van der Waals surface area contributed by atoms with Crippen molar-refractivity contribution in [2.24, 2.45) is 0 Å². The van der Waals surface area contributed by atoms with E-state index in [9.17, 15) is 0 Å². The van der Waals surface area contributed by atoms with Gasteiger partial charge in [-0.05, 0) is 24.3 Å². The molecule has 0 bridgehead atoms. The first-order chi connectivity index (χ1) is 7.34. The number of aromatic nitrogens is 2. The van der Waals surface area contributed by atoms with Gasteiger partial charge >= 0.3 is 0 Å². The number of nitrogen functional groups attached to an aromatic ring is 1.